The summed E-state index contributed by atoms with van der Waals surface area (Å²) in [6.07, 6.45) is 47.3. The lowest BCUT2D eigenvalue weighted by molar-refractivity contribution is -0.151. The first-order valence-corrected chi connectivity index (χ1v) is 25.3. The van der Waals surface area contributed by atoms with Crippen LogP contribution < -0.4 is 5.32 Å². The largest absolute Gasteiger partial charge is 0.462 e. The smallest absolute Gasteiger partial charge is 0.306 e. The van der Waals surface area contributed by atoms with Gasteiger partial charge in [-0.2, -0.15) is 0 Å². The third-order valence-corrected chi connectivity index (χ3v) is 11.9. The van der Waals surface area contributed by atoms with E-state index in [1.54, 1.807) is 0 Å². The Morgan fingerprint density at radius 3 is 1.09 bits per heavy atom. The van der Waals surface area contributed by atoms with Crippen LogP contribution >= 0.6 is 0 Å². The lowest BCUT2D eigenvalue weighted by atomic mass is 10.0. The number of esters is 1. The normalized spacial score (nSPS) is 13.2. The lowest BCUT2D eigenvalue weighted by Gasteiger charge is -2.24. The third-order valence-electron chi connectivity index (χ3n) is 11.9. The van der Waals surface area contributed by atoms with Crippen molar-refractivity contribution in [3.05, 3.63) is 0 Å². The van der Waals surface area contributed by atoms with Crippen LogP contribution in [0.5, 0.6) is 0 Å². The zero-order valence-corrected chi connectivity index (χ0v) is 38.0. The third kappa shape index (κ3) is 39.7. The number of amides is 1. The highest BCUT2D eigenvalue weighted by Crippen LogP contribution is 2.19. The topological polar surface area (TPSA) is 95.9 Å². The molecule has 6 heteroatoms. The van der Waals surface area contributed by atoms with Gasteiger partial charge in [0.2, 0.25) is 5.91 Å². The fraction of sp³-hybridized carbons (Fsp3) is 0.960. The molecule has 0 aromatic carbocycles. The van der Waals surface area contributed by atoms with Crippen molar-refractivity contribution in [1.82, 2.24) is 5.32 Å². The summed E-state index contributed by atoms with van der Waals surface area (Å²) in [5.74, 6) is -0.453. The van der Waals surface area contributed by atoms with E-state index in [1.165, 1.54) is 199 Å². The zero-order valence-electron chi connectivity index (χ0n) is 38.0. The molecule has 0 aliphatic carbocycles. The maximum atomic E-state index is 13.2. The first-order chi connectivity index (χ1) is 27.5. The summed E-state index contributed by atoms with van der Waals surface area (Å²) in [5, 5.41) is 23.7. The Kier molecular flexibility index (Phi) is 44.0. The van der Waals surface area contributed by atoms with E-state index in [-0.39, 0.29) is 24.9 Å². The summed E-state index contributed by atoms with van der Waals surface area (Å²) in [4.78, 5) is 26.1. The van der Waals surface area contributed by atoms with Gasteiger partial charge in [-0.15, -0.1) is 0 Å². The number of carbonyl (C=O) groups is 2. The number of nitrogens with one attached hydrogen (secondary N) is 1. The molecule has 0 saturated heterocycles. The van der Waals surface area contributed by atoms with Gasteiger partial charge in [0, 0.05) is 6.42 Å². The molecule has 0 heterocycles. The quantitative estimate of drug-likeness (QED) is 0.0421. The monoisotopic (exact) mass is 794 g/mol. The van der Waals surface area contributed by atoms with Crippen LogP contribution in [0, 0.1) is 0 Å². The minimum absolute atomic E-state index is 0.0874. The van der Waals surface area contributed by atoms with E-state index in [1.807, 2.05) is 0 Å². The molecule has 6 nitrogen and oxygen atoms in total. The van der Waals surface area contributed by atoms with Gasteiger partial charge in [0.25, 0.3) is 0 Å². The molecule has 3 atom stereocenters. The standard InChI is InChI=1S/C50H99NO5/c1-4-7-10-13-16-19-22-24-27-30-33-36-39-42-48(53)47(45-52)51-49(54)44-46(41-38-35-32-29-26-21-18-15-12-9-6-3)56-50(55)43-40-37-34-31-28-25-23-20-17-14-11-8-5-2/h46-48,52-53H,4-45H2,1-3H3,(H,51,54). The van der Waals surface area contributed by atoms with Gasteiger partial charge in [-0.25, -0.2) is 0 Å². The fourth-order valence-corrected chi connectivity index (χ4v) is 8.08. The van der Waals surface area contributed by atoms with Crippen molar-refractivity contribution in [3.8, 4) is 0 Å². The van der Waals surface area contributed by atoms with Crippen molar-refractivity contribution in [2.45, 2.75) is 302 Å². The van der Waals surface area contributed by atoms with Crippen molar-refractivity contribution in [2.75, 3.05) is 6.61 Å². The number of hydrogen-bond donors (Lipinski definition) is 3. The SMILES string of the molecule is CCCCCCCCCCCCCCCC(=O)OC(CCCCCCCCCCCCC)CC(=O)NC(CO)C(O)CCCCCCCCCCCCCCC. The maximum Gasteiger partial charge on any atom is 0.306 e. The Bertz CT molecular complexity index is 806. The summed E-state index contributed by atoms with van der Waals surface area (Å²) in [6.45, 7) is 6.50. The Morgan fingerprint density at radius 2 is 0.750 bits per heavy atom. The minimum atomic E-state index is -0.778. The van der Waals surface area contributed by atoms with Gasteiger partial charge >= 0.3 is 5.97 Å². The molecule has 0 aromatic heterocycles. The molecule has 0 aliphatic rings. The molecule has 0 aliphatic heterocycles. The van der Waals surface area contributed by atoms with Crippen molar-refractivity contribution >= 4 is 11.9 Å². The predicted molar refractivity (Wildman–Crippen MR) is 241 cm³/mol. The summed E-state index contributed by atoms with van der Waals surface area (Å²) in [5.41, 5.74) is 0. The van der Waals surface area contributed by atoms with Crippen molar-refractivity contribution < 1.29 is 24.5 Å². The van der Waals surface area contributed by atoms with Crippen LogP contribution in [-0.4, -0.2) is 46.9 Å². The molecular formula is C50H99NO5. The van der Waals surface area contributed by atoms with Crippen LogP contribution in [0.15, 0.2) is 0 Å². The van der Waals surface area contributed by atoms with Crippen molar-refractivity contribution in [2.24, 2.45) is 0 Å². The second kappa shape index (κ2) is 45.0. The highest BCUT2D eigenvalue weighted by Gasteiger charge is 2.24. The number of rotatable bonds is 46. The lowest BCUT2D eigenvalue weighted by Crippen LogP contribution is -2.46. The Balaban J connectivity index is 4.49. The van der Waals surface area contributed by atoms with E-state index < -0.39 is 18.2 Å². The van der Waals surface area contributed by atoms with Gasteiger partial charge in [-0.05, 0) is 25.7 Å². The van der Waals surface area contributed by atoms with Crippen molar-refractivity contribution in [1.29, 1.82) is 0 Å². The van der Waals surface area contributed by atoms with E-state index in [9.17, 15) is 19.8 Å². The molecule has 0 radical (unpaired) electrons. The van der Waals surface area contributed by atoms with E-state index in [2.05, 4.69) is 26.1 Å². The fourth-order valence-electron chi connectivity index (χ4n) is 8.08. The predicted octanol–water partition coefficient (Wildman–Crippen LogP) is 14.8. The van der Waals surface area contributed by atoms with Crippen LogP contribution in [0.3, 0.4) is 0 Å². The van der Waals surface area contributed by atoms with Crippen LogP contribution in [0.1, 0.15) is 284 Å². The van der Waals surface area contributed by atoms with Crippen LogP contribution in [0.4, 0.5) is 0 Å². The molecule has 3 N–H and O–H groups in total. The molecular weight excluding hydrogens is 695 g/mol. The number of aliphatic hydroxyl groups is 2. The summed E-state index contributed by atoms with van der Waals surface area (Å²) < 4.78 is 5.92. The summed E-state index contributed by atoms with van der Waals surface area (Å²) in [6, 6.07) is -0.691. The Labute approximate surface area is 349 Å². The van der Waals surface area contributed by atoms with Crippen LogP contribution in [0.2, 0.25) is 0 Å². The molecule has 0 rings (SSSR count). The highest BCUT2D eigenvalue weighted by molar-refractivity contribution is 5.77. The number of aliphatic hydroxyl groups excluding tert-OH is 2. The Morgan fingerprint density at radius 1 is 0.446 bits per heavy atom. The Hall–Kier alpha value is -1.14. The average molecular weight is 794 g/mol. The molecule has 0 fully saturated rings. The van der Waals surface area contributed by atoms with Gasteiger partial charge in [0.1, 0.15) is 6.10 Å². The molecule has 0 spiro atoms. The highest BCUT2D eigenvalue weighted by atomic mass is 16.5. The van der Waals surface area contributed by atoms with Gasteiger partial charge in [-0.1, -0.05) is 245 Å². The van der Waals surface area contributed by atoms with Gasteiger partial charge < -0.3 is 20.3 Å². The van der Waals surface area contributed by atoms with Crippen molar-refractivity contribution in [3.63, 3.8) is 0 Å². The maximum absolute atomic E-state index is 13.2. The molecule has 0 aromatic rings. The first-order valence-electron chi connectivity index (χ1n) is 25.3. The molecule has 56 heavy (non-hydrogen) atoms. The van der Waals surface area contributed by atoms with Gasteiger partial charge in [0.15, 0.2) is 0 Å². The zero-order chi connectivity index (χ0) is 41.0. The van der Waals surface area contributed by atoms with Gasteiger partial charge in [-0.3, -0.25) is 9.59 Å². The van der Waals surface area contributed by atoms with Crippen LogP contribution in [0.25, 0.3) is 0 Å². The average Bonchev–Trinajstić information content (AvgIpc) is 3.19. The summed E-state index contributed by atoms with van der Waals surface area (Å²) in [7, 11) is 0. The summed E-state index contributed by atoms with van der Waals surface area (Å²) >= 11 is 0. The second-order valence-corrected chi connectivity index (χ2v) is 17.6. The second-order valence-electron chi connectivity index (χ2n) is 17.6. The van der Waals surface area contributed by atoms with Crippen LogP contribution in [-0.2, 0) is 14.3 Å². The van der Waals surface area contributed by atoms with E-state index >= 15 is 0 Å². The molecule has 1 amide bonds. The molecule has 3 unspecified atom stereocenters. The minimum Gasteiger partial charge on any atom is -0.462 e. The first kappa shape index (κ1) is 54.9. The van der Waals surface area contributed by atoms with Gasteiger partial charge in [0.05, 0.1) is 25.2 Å². The molecule has 0 saturated carbocycles. The number of carbonyl (C=O) groups excluding carboxylic acids is 2. The van der Waals surface area contributed by atoms with E-state index in [4.69, 9.17) is 4.74 Å². The number of hydrogen-bond acceptors (Lipinski definition) is 5. The van der Waals surface area contributed by atoms with E-state index in [0.29, 0.717) is 19.3 Å². The number of unbranched alkanes of at least 4 members (excludes halogenated alkanes) is 34. The molecule has 0 bridgehead atoms. The number of ether oxygens (including phenoxy) is 1. The van der Waals surface area contributed by atoms with E-state index in [0.717, 1.165) is 38.5 Å². The molecule has 334 valence electrons.